The summed E-state index contributed by atoms with van der Waals surface area (Å²) >= 11 is 6.07. The minimum Gasteiger partial charge on any atom is -0.392 e. The van der Waals surface area contributed by atoms with Crippen LogP contribution in [-0.2, 0) is 13.2 Å². The Balaban J connectivity index is 2.06. The largest absolute Gasteiger partial charge is 0.392 e. The van der Waals surface area contributed by atoms with E-state index in [2.05, 4.69) is 0 Å². The van der Waals surface area contributed by atoms with E-state index in [0.717, 1.165) is 22.0 Å². The summed E-state index contributed by atoms with van der Waals surface area (Å²) in [6.07, 6.45) is 1.95. The first kappa shape index (κ1) is 13.2. The van der Waals surface area contributed by atoms with Crippen LogP contribution in [0, 0.1) is 5.82 Å². The number of aromatic nitrogens is 1. The Hall–Kier alpha value is -1.84. The Labute approximate surface area is 121 Å². The van der Waals surface area contributed by atoms with Gasteiger partial charge in [0.05, 0.1) is 12.1 Å². The lowest BCUT2D eigenvalue weighted by Crippen LogP contribution is -2.01. The molecule has 0 unspecified atom stereocenters. The van der Waals surface area contributed by atoms with Gasteiger partial charge >= 0.3 is 0 Å². The highest BCUT2D eigenvalue weighted by Gasteiger charge is 2.08. The summed E-state index contributed by atoms with van der Waals surface area (Å²) in [4.78, 5) is 0. The average molecular weight is 290 g/mol. The Morgan fingerprint density at radius 1 is 1.10 bits per heavy atom. The molecule has 0 bridgehead atoms. The van der Waals surface area contributed by atoms with Crippen molar-refractivity contribution in [3.8, 4) is 0 Å². The number of nitrogens with zero attached hydrogens (tertiary/aromatic N) is 1. The van der Waals surface area contributed by atoms with Gasteiger partial charge in [0, 0.05) is 23.3 Å². The highest BCUT2D eigenvalue weighted by atomic mass is 35.5. The summed E-state index contributed by atoms with van der Waals surface area (Å²) < 4.78 is 15.1. The molecule has 0 atom stereocenters. The van der Waals surface area contributed by atoms with E-state index in [1.807, 2.05) is 35.0 Å². The van der Waals surface area contributed by atoms with Crippen molar-refractivity contribution in [2.75, 3.05) is 0 Å². The Morgan fingerprint density at radius 3 is 2.70 bits per heavy atom. The van der Waals surface area contributed by atoms with Crippen molar-refractivity contribution < 1.29 is 9.50 Å². The molecule has 4 heteroatoms. The van der Waals surface area contributed by atoms with Crippen molar-refractivity contribution in [2.45, 2.75) is 13.2 Å². The molecule has 3 aromatic rings. The summed E-state index contributed by atoms with van der Waals surface area (Å²) in [6, 6.07) is 12.2. The predicted octanol–water partition coefficient (Wildman–Crippen LogP) is 3.97. The summed E-state index contributed by atoms with van der Waals surface area (Å²) in [7, 11) is 0. The lowest BCUT2D eigenvalue weighted by molar-refractivity contribution is 0.283. The van der Waals surface area contributed by atoms with Crippen LogP contribution in [0.15, 0.2) is 48.7 Å². The van der Waals surface area contributed by atoms with Gasteiger partial charge in [0.15, 0.2) is 0 Å². The van der Waals surface area contributed by atoms with Crippen molar-refractivity contribution in [1.82, 2.24) is 4.57 Å². The molecule has 1 aromatic heterocycles. The number of fused-ring (bicyclic) bond motifs is 1. The SMILES string of the molecule is OCc1cccc2ccn(Cc3ccc(F)cc3Cl)c12. The van der Waals surface area contributed by atoms with Crippen LogP contribution in [0.4, 0.5) is 4.39 Å². The molecule has 2 nitrogen and oxygen atoms in total. The molecule has 2 aromatic carbocycles. The van der Waals surface area contributed by atoms with Gasteiger partial charge in [-0.3, -0.25) is 0 Å². The van der Waals surface area contributed by atoms with Crippen LogP contribution >= 0.6 is 11.6 Å². The van der Waals surface area contributed by atoms with Crippen molar-refractivity contribution in [2.24, 2.45) is 0 Å². The molecule has 0 amide bonds. The fourth-order valence-electron chi connectivity index (χ4n) is 2.43. The zero-order valence-electron chi connectivity index (χ0n) is 10.7. The summed E-state index contributed by atoms with van der Waals surface area (Å²) in [5, 5.41) is 10.9. The van der Waals surface area contributed by atoms with Crippen LogP contribution in [0.2, 0.25) is 5.02 Å². The quantitative estimate of drug-likeness (QED) is 0.775. The van der Waals surface area contributed by atoms with E-state index in [1.54, 1.807) is 6.07 Å². The second kappa shape index (κ2) is 5.27. The zero-order chi connectivity index (χ0) is 14.1. The first-order valence-electron chi connectivity index (χ1n) is 6.30. The predicted molar refractivity (Wildman–Crippen MR) is 78.4 cm³/mol. The Kier molecular flexibility index (Phi) is 3.47. The summed E-state index contributed by atoms with van der Waals surface area (Å²) in [5.41, 5.74) is 2.69. The third-order valence-electron chi connectivity index (χ3n) is 3.40. The van der Waals surface area contributed by atoms with Crippen LogP contribution in [0.5, 0.6) is 0 Å². The van der Waals surface area contributed by atoms with E-state index in [4.69, 9.17) is 11.6 Å². The molecular formula is C16H13ClFNO. The second-order valence-corrected chi connectivity index (χ2v) is 5.10. The molecule has 0 aliphatic heterocycles. The van der Waals surface area contributed by atoms with Crippen molar-refractivity contribution in [3.05, 3.63) is 70.6 Å². The molecule has 0 aliphatic rings. The van der Waals surface area contributed by atoms with Gasteiger partial charge < -0.3 is 9.67 Å². The summed E-state index contributed by atoms with van der Waals surface area (Å²) in [5.74, 6) is -0.341. The molecule has 0 saturated heterocycles. The Bertz CT molecular complexity index is 766. The number of rotatable bonds is 3. The number of halogens is 2. The average Bonchev–Trinajstić information content (AvgIpc) is 2.85. The Morgan fingerprint density at radius 2 is 1.95 bits per heavy atom. The van der Waals surface area contributed by atoms with E-state index < -0.39 is 0 Å². The maximum Gasteiger partial charge on any atom is 0.124 e. The van der Waals surface area contributed by atoms with Crippen LogP contribution in [0.25, 0.3) is 10.9 Å². The smallest absolute Gasteiger partial charge is 0.124 e. The van der Waals surface area contributed by atoms with Crippen molar-refractivity contribution >= 4 is 22.5 Å². The van der Waals surface area contributed by atoms with E-state index in [-0.39, 0.29) is 12.4 Å². The van der Waals surface area contributed by atoms with Gasteiger partial charge in [-0.2, -0.15) is 0 Å². The van der Waals surface area contributed by atoms with E-state index in [9.17, 15) is 9.50 Å². The highest BCUT2D eigenvalue weighted by Crippen LogP contribution is 2.24. The fourth-order valence-corrected chi connectivity index (χ4v) is 2.66. The molecule has 102 valence electrons. The monoisotopic (exact) mass is 289 g/mol. The van der Waals surface area contributed by atoms with Gasteiger partial charge in [0.1, 0.15) is 5.82 Å². The van der Waals surface area contributed by atoms with E-state index in [0.29, 0.717) is 11.6 Å². The van der Waals surface area contributed by atoms with Crippen molar-refractivity contribution in [1.29, 1.82) is 0 Å². The number of hydrogen-bond donors (Lipinski definition) is 1. The topological polar surface area (TPSA) is 25.2 Å². The molecule has 20 heavy (non-hydrogen) atoms. The molecule has 0 fully saturated rings. The molecule has 3 rings (SSSR count). The zero-order valence-corrected chi connectivity index (χ0v) is 11.4. The third kappa shape index (κ3) is 2.30. The molecule has 1 heterocycles. The van der Waals surface area contributed by atoms with E-state index >= 15 is 0 Å². The van der Waals surface area contributed by atoms with Gasteiger partial charge in [0.2, 0.25) is 0 Å². The molecule has 0 aliphatic carbocycles. The molecule has 0 radical (unpaired) electrons. The normalized spacial score (nSPS) is 11.2. The first-order valence-corrected chi connectivity index (χ1v) is 6.68. The lowest BCUT2D eigenvalue weighted by atomic mass is 10.1. The standard InChI is InChI=1S/C16H13ClFNO/c17-15-8-14(18)5-4-12(15)9-19-7-6-11-2-1-3-13(10-20)16(11)19/h1-8,20H,9-10H2. The molecule has 0 saturated carbocycles. The maximum atomic E-state index is 13.1. The minimum absolute atomic E-state index is 0.0154. The van der Waals surface area contributed by atoms with Gasteiger partial charge in [-0.1, -0.05) is 35.9 Å². The van der Waals surface area contributed by atoms with Crippen LogP contribution in [-0.4, -0.2) is 9.67 Å². The molecule has 1 N–H and O–H groups in total. The van der Waals surface area contributed by atoms with Gasteiger partial charge in [-0.15, -0.1) is 0 Å². The number of hydrogen-bond acceptors (Lipinski definition) is 1. The van der Waals surface area contributed by atoms with Crippen LogP contribution < -0.4 is 0 Å². The minimum atomic E-state index is -0.341. The van der Waals surface area contributed by atoms with Crippen LogP contribution in [0.1, 0.15) is 11.1 Å². The van der Waals surface area contributed by atoms with Crippen molar-refractivity contribution in [3.63, 3.8) is 0 Å². The van der Waals surface area contributed by atoms with Crippen LogP contribution in [0.3, 0.4) is 0 Å². The highest BCUT2D eigenvalue weighted by molar-refractivity contribution is 6.31. The fraction of sp³-hybridized carbons (Fsp3) is 0.125. The number of aliphatic hydroxyl groups is 1. The van der Waals surface area contributed by atoms with Gasteiger partial charge in [-0.25, -0.2) is 4.39 Å². The second-order valence-electron chi connectivity index (χ2n) is 4.69. The molecular weight excluding hydrogens is 277 g/mol. The van der Waals surface area contributed by atoms with Gasteiger partial charge in [0.25, 0.3) is 0 Å². The number of benzene rings is 2. The van der Waals surface area contributed by atoms with E-state index in [1.165, 1.54) is 12.1 Å². The van der Waals surface area contributed by atoms with Gasteiger partial charge in [-0.05, 0) is 29.1 Å². The number of aliphatic hydroxyl groups excluding tert-OH is 1. The first-order chi connectivity index (χ1) is 9.69. The summed E-state index contributed by atoms with van der Waals surface area (Å²) in [6.45, 7) is 0.526. The third-order valence-corrected chi connectivity index (χ3v) is 3.75. The maximum absolute atomic E-state index is 13.1. The molecule has 0 spiro atoms. The number of para-hydroxylation sites is 1. The lowest BCUT2D eigenvalue weighted by Gasteiger charge is -2.10.